The molecule has 0 saturated heterocycles. The molecule has 0 heterocycles. The zero-order valence-electron chi connectivity index (χ0n) is 12.8. The molecule has 0 amide bonds. The van der Waals surface area contributed by atoms with Gasteiger partial charge in [0.2, 0.25) is 0 Å². The highest BCUT2D eigenvalue weighted by Crippen LogP contribution is 2.28. The summed E-state index contributed by atoms with van der Waals surface area (Å²) in [7, 11) is 0. The Bertz CT molecular complexity index is 608. The predicted molar refractivity (Wildman–Crippen MR) is 88.5 cm³/mol. The van der Waals surface area contributed by atoms with Gasteiger partial charge in [0.05, 0.1) is 0 Å². The van der Waals surface area contributed by atoms with Gasteiger partial charge in [-0.15, -0.1) is 0 Å². The van der Waals surface area contributed by atoms with Crippen molar-refractivity contribution >= 4 is 10.8 Å². The lowest BCUT2D eigenvalue weighted by molar-refractivity contribution is 0.353. The lowest BCUT2D eigenvalue weighted by Gasteiger charge is -2.23. The smallest absolute Gasteiger partial charge is 0.120 e. The minimum absolute atomic E-state index is 0.405. The van der Waals surface area contributed by atoms with Crippen LogP contribution >= 0.6 is 0 Å². The molecule has 2 aromatic carbocycles. The topological polar surface area (TPSA) is 32.3 Å². The Balaban J connectivity index is 1.79. The van der Waals surface area contributed by atoms with Gasteiger partial charge in [-0.3, -0.25) is 0 Å². The van der Waals surface area contributed by atoms with Crippen molar-refractivity contribution in [1.82, 2.24) is 5.32 Å². The molecule has 2 N–H and O–H groups in total. The van der Waals surface area contributed by atoms with E-state index in [9.17, 15) is 5.11 Å². The Kier molecular flexibility index (Phi) is 4.45. The van der Waals surface area contributed by atoms with E-state index in [1.165, 1.54) is 37.5 Å². The van der Waals surface area contributed by atoms with Crippen LogP contribution in [0.3, 0.4) is 0 Å². The molecule has 2 aromatic rings. The van der Waals surface area contributed by atoms with E-state index >= 15 is 0 Å². The average molecular weight is 283 g/mol. The highest BCUT2D eigenvalue weighted by atomic mass is 16.3. The van der Waals surface area contributed by atoms with Crippen LogP contribution < -0.4 is 5.32 Å². The zero-order valence-corrected chi connectivity index (χ0v) is 12.8. The van der Waals surface area contributed by atoms with E-state index in [0.717, 1.165) is 23.4 Å². The normalized spacial score (nSPS) is 23.1. The van der Waals surface area contributed by atoms with E-state index in [1.54, 1.807) is 0 Å². The Morgan fingerprint density at radius 1 is 1.05 bits per heavy atom. The number of aromatic hydroxyl groups is 1. The molecule has 2 unspecified atom stereocenters. The number of phenolic OH excluding ortho intramolecular Hbond substituents is 1. The zero-order chi connectivity index (χ0) is 14.7. The predicted octanol–water partition coefficient (Wildman–Crippen LogP) is 4.60. The number of nitrogens with one attached hydrogen (secondary N) is 1. The molecule has 1 aliphatic carbocycles. The minimum atomic E-state index is 0.405. The second-order valence-electron chi connectivity index (χ2n) is 6.39. The maximum absolute atomic E-state index is 10.2. The summed E-state index contributed by atoms with van der Waals surface area (Å²) in [5.41, 5.74) is 1.03. The van der Waals surface area contributed by atoms with Crippen molar-refractivity contribution in [2.45, 2.75) is 51.6 Å². The van der Waals surface area contributed by atoms with Crippen molar-refractivity contribution in [2.24, 2.45) is 5.92 Å². The van der Waals surface area contributed by atoms with Gasteiger partial charge in [0.1, 0.15) is 5.75 Å². The molecular formula is C19H25NO. The van der Waals surface area contributed by atoms with Crippen LogP contribution in [-0.2, 0) is 6.54 Å². The third-order valence-electron chi connectivity index (χ3n) is 4.92. The average Bonchev–Trinajstić information content (AvgIpc) is 2.71. The molecule has 2 heteroatoms. The van der Waals surface area contributed by atoms with Gasteiger partial charge in [-0.1, -0.05) is 56.5 Å². The fraction of sp³-hybridized carbons (Fsp3) is 0.474. The number of phenols is 1. The van der Waals surface area contributed by atoms with Crippen molar-refractivity contribution in [1.29, 1.82) is 0 Å². The number of hydrogen-bond acceptors (Lipinski definition) is 2. The van der Waals surface area contributed by atoms with Gasteiger partial charge in [-0.25, -0.2) is 0 Å². The van der Waals surface area contributed by atoms with Crippen LogP contribution in [0.5, 0.6) is 5.75 Å². The van der Waals surface area contributed by atoms with Crippen molar-refractivity contribution in [2.75, 3.05) is 0 Å². The molecule has 0 aromatic heterocycles. The largest absolute Gasteiger partial charge is 0.508 e. The second kappa shape index (κ2) is 6.48. The van der Waals surface area contributed by atoms with Crippen LogP contribution in [0.4, 0.5) is 0 Å². The third kappa shape index (κ3) is 3.21. The first kappa shape index (κ1) is 14.4. The molecule has 112 valence electrons. The number of rotatable bonds is 3. The summed E-state index contributed by atoms with van der Waals surface area (Å²) in [5, 5.41) is 16.3. The highest BCUT2D eigenvalue weighted by Gasteiger charge is 2.19. The van der Waals surface area contributed by atoms with Gasteiger partial charge < -0.3 is 10.4 Å². The molecule has 1 fully saturated rings. The molecule has 21 heavy (non-hydrogen) atoms. The summed E-state index contributed by atoms with van der Waals surface area (Å²) in [6.45, 7) is 3.11. The number of benzene rings is 2. The van der Waals surface area contributed by atoms with E-state index in [-0.39, 0.29) is 0 Å². The monoisotopic (exact) mass is 283 g/mol. The molecule has 2 nitrogen and oxygen atoms in total. The Labute approximate surface area is 127 Å². The molecule has 0 spiro atoms. The van der Waals surface area contributed by atoms with Crippen LogP contribution in [0.2, 0.25) is 0 Å². The SMILES string of the molecule is CC1CCCCCC1NCc1c(O)ccc2ccccc12. The van der Waals surface area contributed by atoms with Crippen LogP contribution in [0.25, 0.3) is 10.8 Å². The maximum atomic E-state index is 10.2. The maximum Gasteiger partial charge on any atom is 0.120 e. The van der Waals surface area contributed by atoms with Gasteiger partial charge in [0.25, 0.3) is 0 Å². The quantitative estimate of drug-likeness (QED) is 0.807. The van der Waals surface area contributed by atoms with Crippen molar-refractivity contribution in [3.63, 3.8) is 0 Å². The molecule has 0 radical (unpaired) electrons. The highest BCUT2D eigenvalue weighted by molar-refractivity contribution is 5.87. The van der Waals surface area contributed by atoms with E-state index in [4.69, 9.17) is 0 Å². The first-order chi connectivity index (χ1) is 10.3. The van der Waals surface area contributed by atoms with E-state index in [2.05, 4.69) is 24.4 Å². The van der Waals surface area contributed by atoms with Gasteiger partial charge in [0, 0.05) is 18.2 Å². The van der Waals surface area contributed by atoms with E-state index < -0.39 is 0 Å². The van der Waals surface area contributed by atoms with Gasteiger partial charge in [-0.2, -0.15) is 0 Å². The molecule has 0 bridgehead atoms. The van der Waals surface area contributed by atoms with E-state index in [0.29, 0.717) is 11.8 Å². The fourth-order valence-corrected chi connectivity index (χ4v) is 3.54. The molecule has 1 aliphatic rings. The van der Waals surface area contributed by atoms with Crippen LogP contribution in [0, 0.1) is 5.92 Å². The van der Waals surface area contributed by atoms with Crippen molar-refractivity contribution in [3.05, 3.63) is 42.0 Å². The lowest BCUT2D eigenvalue weighted by atomic mass is 9.96. The van der Waals surface area contributed by atoms with Crippen LogP contribution in [0.15, 0.2) is 36.4 Å². The van der Waals surface area contributed by atoms with Gasteiger partial charge >= 0.3 is 0 Å². The summed E-state index contributed by atoms with van der Waals surface area (Å²) >= 11 is 0. The van der Waals surface area contributed by atoms with Gasteiger partial charge in [-0.05, 0) is 35.6 Å². The number of hydrogen-bond donors (Lipinski definition) is 2. The number of fused-ring (bicyclic) bond motifs is 1. The molecule has 1 saturated carbocycles. The lowest BCUT2D eigenvalue weighted by Crippen LogP contribution is -2.33. The minimum Gasteiger partial charge on any atom is -0.508 e. The second-order valence-corrected chi connectivity index (χ2v) is 6.39. The summed E-state index contributed by atoms with van der Waals surface area (Å²) < 4.78 is 0. The summed E-state index contributed by atoms with van der Waals surface area (Å²) in [4.78, 5) is 0. The Morgan fingerprint density at radius 2 is 1.86 bits per heavy atom. The third-order valence-corrected chi connectivity index (χ3v) is 4.92. The van der Waals surface area contributed by atoms with Crippen LogP contribution in [0.1, 0.15) is 44.6 Å². The van der Waals surface area contributed by atoms with Crippen molar-refractivity contribution in [3.8, 4) is 5.75 Å². The molecule has 3 rings (SSSR count). The van der Waals surface area contributed by atoms with E-state index in [1.807, 2.05) is 24.3 Å². The summed E-state index contributed by atoms with van der Waals surface area (Å²) in [5.74, 6) is 1.13. The Hall–Kier alpha value is -1.54. The van der Waals surface area contributed by atoms with Crippen molar-refractivity contribution < 1.29 is 5.11 Å². The van der Waals surface area contributed by atoms with Crippen LogP contribution in [-0.4, -0.2) is 11.1 Å². The molecule has 2 atom stereocenters. The fourth-order valence-electron chi connectivity index (χ4n) is 3.54. The molecular weight excluding hydrogens is 258 g/mol. The molecule has 0 aliphatic heterocycles. The summed E-state index contributed by atoms with van der Waals surface area (Å²) in [6.07, 6.45) is 6.62. The standard InChI is InChI=1S/C19H25NO/c1-14-7-3-2-4-10-18(14)20-13-17-16-9-6-5-8-15(16)11-12-19(17)21/h5-6,8-9,11-12,14,18,20-21H,2-4,7,10,13H2,1H3. The first-order valence-corrected chi connectivity index (χ1v) is 8.18. The summed E-state index contributed by atoms with van der Waals surface area (Å²) in [6, 6.07) is 12.7. The van der Waals surface area contributed by atoms with Gasteiger partial charge in [0.15, 0.2) is 0 Å². The Morgan fingerprint density at radius 3 is 2.76 bits per heavy atom. The first-order valence-electron chi connectivity index (χ1n) is 8.18.